The largest absolute Gasteiger partial charge is 0.295 e. The SMILES string of the molecule is CCC(F)CN1CCCC1(C)C. The Morgan fingerprint density at radius 3 is 2.58 bits per heavy atom. The van der Waals surface area contributed by atoms with Crippen molar-refractivity contribution in [1.82, 2.24) is 4.90 Å². The molecule has 0 amide bonds. The van der Waals surface area contributed by atoms with E-state index in [2.05, 4.69) is 18.7 Å². The van der Waals surface area contributed by atoms with Crippen LogP contribution in [0, 0.1) is 0 Å². The first kappa shape index (κ1) is 9.97. The molecule has 0 aromatic rings. The molecule has 1 saturated heterocycles. The summed E-state index contributed by atoms with van der Waals surface area (Å²) in [7, 11) is 0. The van der Waals surface area contributed by atoms with E-state index in [0.717, 1.165) is 6.54 Å². The van der Waals surface area contributed by atoms with Gasteiger partial charge in [0, 0.05) is 12.1 Å². The lowest BCUT2D eigenvalue weighted by Crippen LogP contribution is -2.41. The Morgan fingerprint density at radius 2 is 2.17 bits per heavy atom. The summed E-state index contributed by atoms with van der Waals surface area (Å²) < 4.78 is 13.1. The first-order valence-electron chi connectivity index (χ1n) is 4.95. The van der Waals surface area contributed by atoms with Crippen molar-refractivity contribution in [3.05, 3.63) is 0 Å². The van der Waals surface area contributed by atoms with E-state index >= 15 is 0 Å². The zero-order chi connectivity index (χ0) is 9.19. The molecule has 0 bridgehead atoms. The first-order chi connectivity index (χ1) is 5.56. The normalized spacial score (nSPS) is 26.0. The molecule has 1 aliphatic rings. The number of hydrogen-bond donors (Lipinski definition) is 0. The van der Waals surface area contributed by atoms with Gasteiger partial charge in [-0.1, -0.05) is 6.92 Å². The summed E-state index contributed by atoms with van der Waals surface area (Å²) in [6.07, 6.45) is 2.45. The molecule has 1 atom stereocenters. The number of alkyl halides is 1. The lowest BCUT2D eigenvalue weighted by Gasteiger charge is -2.32. The third-order valence-corrected chi connectivity index (χ3v) is 2.93. The average molecular weight is 173 g/mol. The van der Waals surface area contributed by atoms with E-state index in [1.807, 2.05) is 6.92 Å². The van der Waals surface area contributed by atoms with Crippen molar-refractivity contribution in [1.29, 1.82) is 0 Å². The summed E-state index contributed by atoms with van der Waals surface area (Å²) in [5, 5.41) is 0. The summed E-state index contributed by atoms with van der Waals surface area (Å²) in [6, 6.07) is 0. The van der Waals surface area contributed by atoms with Crippen LogP contribution in [0.2, 0.25) is 0 Å². The van der Waals surface area contributed by atoms with Gasteiger partial charge in [0.05, 0.1) is 0 Å². The van der Waals surface area contributed by atoms with Gasteiger partial charge in [0.25, 0.3) is 0 Å². The third kappa shape index (κ3) is 2.19. The van der Waals surface area contributed by atoms with Gasteiger partial charge in [-0.25, -0.2) is 4.39 Å². The third-order valence-electron chi connectivity index (χ3n) is 2.93. The fraction of sp³-hybridized carbons (Fsp3) is 1.00. The van der Waals surface area contributed by atoms with Crippen LogP contribution in [-0.2, 0) is 0 Å². The molecule has 2 heteroatoms. The van der Waals surface area contributed by atoms with Gasteiger partial charge in [0.15, 0.2) is 0 Å². The predicted molar refractivity (Wildman–Crippen MR) is 50.1 cm³/mol. The number of nitrogens with zero attached hydrogens (tertiary/aromatic N) is 1. The molecular formula is C10H20FN. The number of halogens is 1. The molecule has 1 unspecified atom stereocenters. The van der Waals surface area contributed by atoms with E-state index in [9.17, 15) is 4.39 Å². The van der Waals surface area contributed by atoms with Crippen LogP contribution in [0.5, 0.6) is 0 Å². The molecule has 12 heavy (non-hydrogen) atoms. The molecule has 1 aliphatic heterocycles. The topological polar surface area (TPSA) is 3.24 Å². The highest BCUT2D eigenvalue weighted by atomic mass is 19.1. The monoisotopic (exact) mass is 173 g/mol. The minimum absolute atomic E-state index is 0.236. The van der Waals surface area contributed by atoms with Crippen molar-refractivity contribution in [2.45, 2.75) is 51.7 Å². The fourth-order valence-electron chi connectivity index (χ4n) is 1.87. The standard InChI is InChI=1S/C10H20FN/c1-4-9(11)8-12-7-5-6-10(12,2)3/h9H,4-8H2,1-3H3. The van der Waals surface area contributed by atoms with Gasteiger partial charge < -0.3 is 0 Å². The van der Waals surface area contributed by atoms with Crippen molar-refractivity contribution in [3.8, 4) is 0 Å². The molecule has 1 rings (SSSR count). The summed E-state index contributed by atoms with van der Waals surface area (Å²) in [4.78, 5) is 2.28. The van der Waals surface area contributed by atoms with E-state index in [1.54, 1.807) is 0 Å². The first-order valence-corrected chi connectivity index (χ1v) is 4.95. The van der Waals surface area contributed by atoms with Gasteiger partial charge in [0.2, 0.25) is 0 Å². The van der Waals surface area contributed by atoms with Crippen LogP contribution < -0.4 is 0 Å². The molecule has 0 N–H and O–H groups in total. The highest BCUT2D eigenvalue weighted by molar-refractivity contribution is 4.88. The van der Waals surface area contributed by atoms with Gasteiger partial charge in [0.1, 0.15) is 6.17 Å². The molecule has 0 aromatic heterocycles. The Bertz CT molecular complexity index is 145. The molecule has 0 spiro atoms. The summed E-state index contributed by atoms with van der Waals surface area (Å²) in [6.45, 7) is 8.04. The van der Waals surface area contributed by atoms with E-state index < -0.39 is 6.17 Å². The van der Waals surface area contributed by atoms with Crippen LogP contribution >= 0.6 is 0 Å². The number of likely N-dealkylation sites (tertiary alicyclic amines) is 1. The Labute approximate surface area is 74.9 Å². The summed E-state index contributed by atoms with van der Waals surface area (Å²) >= 11 is 0. The summed E-state index contributed by atoms with van der Waals surface area (Å²) in [5.74, 6) is 0. The molecule has 72 valence electrons. The number of rotatable bonds is 3. The molecule has 0 saturated carbocycles. The van der Waals surface area contributed by atoms with E-state index in [-0.39, 0.29) is 5.54 Å². The van der Waals surface area contributed by atoms with Crippen molar-refractivity contribution in [2.24, 2.45) is 0 Å². The van der Waals surface area contributed by atoms with Crippen LogP contribution in [-0.4, -0.2) is 29.7 Å². The molecular weight excluding hydrogens is 153 g/mol. The predicted octanol–water partition coefficient (Wildman–Crippen LogP) is 2.61. The highest BCUT2D eigenvalue weighted by Crippen LogP contribution is 2.28. The summed E-state index contributed by atoms with van der Waals surface area (Å²) in [5.41, 5.74) is 0.236. The highest BCUT2D eigenvalue weighted by Gasteiger charge is 2.32. The molecule has 0 radical (unpaired) electrons. The maximum absolute atomic E-state index is 13.1. The quantitative estimate of drug-likeness (QED) is 0.634. The fourth-order valence-corrected chi connectivity index (χ4v) is 1.87. The van der Waals surface area contributed by atoms with Crippen LogP contribution in [0.3, 0.4) is 0 Å². The van der Waals surface area contributed by atoms with Crippen molar-refractivity contribution >= 4 is 0 Å². The molecule has 1 fully saturated rings. The minimum Gasteiger partial charge on any atom is -0.295 e. The zero-order valence-electron chi connectivity index (χ0n) is 8.44. The van der Waals surface area contributed by atoms with Crippen LogP contribution in [0.1, 0.15) is 40.0 Å². The van der Waals surface area contributed by atoms with Gasteiger partial charge >= 0.3 is 0 Å². The Morgan fingerprint density at radius 1 is 1.50 bits per heavy atom. The Kier molecular flexibility index (Phi) is 3.10. The van der Waals surface area contributed by atoms with Gasteiger partial charge in [-0.05, 0) is 39.7 Å². The molecule has 1 heterocycles. The lowest BCUT2D eigenvalue weighted by molar-refractivity contribution is 0.126. The number of hydrogen-bond acceptors (Lipinski definition) is 1. The van der Waals surface area contributed by atoms with Gasteiger partial charge in [-0.2, -0.15) is 0 Å². The van der Waals surface area contributed by atoms with Crippen molar-refractivity contribution < 1.29 is 4.39 Å². The minimum atomic E-state index is -0.637. The van der Waals surface area contributed by atoms with Gasteiger partial charge in [-0.3, -0.25) is 4.90 Å². The lowest BCUT2D eigenvalue weighted by atomic mass is 10.0. The average Bonchev–Trinajstić information content (AvgIpc) is 2.31. The second-order valence-electron chi connectivity index (χ2n) is 4.37. The molecule has 0 aliphatic carbocycles. The molecule has 0 aromatic carbocycles. The second-order valence-corrected chi connectivity index (χ2v) is 4.37. The second kappa shape index (κ2) is 3.73. The van der Waals surface area contributed by atoms with Crippen LogP contribution in [0.15, 0.2) is 0 Å². The maximum atomic E-state index is 13.1. The Hall–Kier alpha value is -0.110. The zero-order valence-corrected chi connectivity index (χ0v) is 8.44. The maximum Gasteiger partial charge on any atom is 0.112 e. The van der Waals surface area contributed by atoms with E-state index in [1.165, 1.54) is 12.8 Å². The van der Waals surface area contributed by atoms with E-state index in [4.69, 9.17) is 0 Å². The van der Waals surface area contributed by atoms with Crippen molar-refractivity contribution in [2.75, 3.05) is 13.1 Å². The smallest absolute Gasteiger partial charge is 0.112 e. The van der Waals surface area contributed by atoms with Crippen molar-refractivity contribution in [3.63, 3.8) is 0 Å². The van der Waals surface area contributed by atoms with Crippen LogP contribution in [0.25, 0.3) is 0 Å². The van der Waals surface area contributed by atoms with E-state index in [0.29, 0.717) is 13.0 Å². The molecule has 1 nitrogen and oxygen atoms in total. The van der Waals surface area contributed by atoms with Crippen LogP contribution in [0.4, 0.5) is 4.39 Å². The Balaban J connectivity index is 2.41. The van der Waals surface area contributed by atoms with Gasteiger partial charge in [-0.15, -0.1) is 0 Å².